The summed E-state index contributed by atoms with van der Waals surface area (Å²) in [6, 6.07) is 5.21. The Balaban J connectivity index is 2.17. The van der Waals surface area contributed by atoms with Crippen molar-refractivity contribution in [3.63, 3.8) is 0 Å². The third-order valence-corrected chi connectivity index (χ3v) is 3.02. The first-order valence-corrected chi connectivity index (χ1v) is 5.47. The number of phenolic OH excluding ortho intramolecular Hbond substituents is 1. The molecule has 1 aromatic carbocycles. The maximum Gasteiger partial charge on any atom is 0.124 e. The van der Waals surface area contributed by atoms with Crippen LogP contribution in [0.4, 0.5) is 5.69 Å². The molecule has 1 heterocycles. The molecule has 0 spiro atoms. The van der Waals surface area contributed by atoms with Crippen molar-refractivity contribution in [3.8, 4) is 11.5 Å². The number of hydrogen-bond acceptors (Lipinski definition) is 4. The van der Waals surface area contributed by atoms with Crippen molar-refractivity contribution >= 4 is 5.69 Å². The number of aliphatic hydroxyl groups is 1. The van der Waals surface area contributed by atoms with Crippen LogP contribution in [0.3, 0.4) is 0 Å². The van der Waals surface area contributed by atoms with Crippen molar-refractivity contribution in [2.24, 2.45) is 5.92 Å². The van der Waals surface area contributed by atoms with Gasteiger partial charge in [-0.15, -0.1) is 0 Å². The fraction of sp³-hybridized carbons (Fsp3) is 0.500. The third kappa shape index (κ3) is 2.22. The maximum absolute atomic E-state index is 9.55. The molecule has 1 aromatic rings. The lowest BCUT2D eigenvalue weighted by atomic mass is 10.1. The predicted octanol–water partition coefficient (Wildman–Crippen LogP) is 1.22. The van der Waals surface area contributed by atoms with E-state index in [4.69, 9.17) is 9.84 Å². The Morgan fingerprint density at radius 3 is 2.88 bits per heavy atom. The summed E-state index contributed by atoms with van der Waals surface area (Å²) < 4.78 is 5.11. The molecule has 0 aromatic heterocycles. The van der Waals surface area contributed by atoms with E-state index in [0.717, 1.165) is 25.2 Å². The monoisotopic (exact) mass is 223 g/mol. The van der Waals surface area contributed by atoms with Crippen LogP contribution in [0.5, 0.6) is 11.5 Å². The van der Waals surface area contributed by atoms with E-state index in [9.17, 15) is 5.11 Å². The summed E-state index contributed by atoms with van der Waals surface area (Å²) in [6.07, 6.45) is 0.995. The molecule has 1 atom stereocenters. The highest BCUT2D eigenvalue weighted by Gasteiger charge is 2.22. The van der Waals surface area contributed by atoms with E-state index in [0.29, 0.717) is 11.7 Å². The molecule has 0 saturated carbocycles. The first-order chi connectivity index (χ1) is 7.72. The van der Waals surface area contributed by atoms with Crippen LogP contribution in [0.25, 0.3) is 0 Å². The van der Waals surface area contributed by atoms with Crippen LogP contribution < -0.4 is 9.64 Å². The van der Waals surface area contributed by atoms with Gasteiger partial charge in [0.1, 0.15) is 11.5 Å². The van der Waals surface area contributed by atoms with Crippen LogP contribution in [0, 0.1) is 5.92 Å². The Morgan fingerprint density at radius 2 is 2.25 bits per heavy atom. The van der Waals surface area contributed by atoms with Crippen molar-refractivity contribution in [2.75, 3.05) is 31.7 Å². The molecule has 1 aliphatic heterocycles. The number of rotatable bonds is 3. The van der Waals surface area contributed by atoms with E-state index in [1.54, 1.807) is 19.2 Å². The number of nitrogens with zero attached hydrogens (tertiary/aromatic N) is 1. The van der Waals surface area contributed by atoms with Crippen molar-refractivity contribution in [1.82, 2.24) is 0 Å². The Hall–Kier alpha value is -1.42. The molecule has 88 valence electrons. The highest BCUT2D eigenvalue weighted by atomic mass is 16.5. The van der Waals surface area contributed by atoms with Crippen molar-refractivity contribution < 1.29 is 14.9 Å². The average Bonchev–Trinajstić information content (AvgIpc) is 2.76. The van der Waals surface area contributed by atoms with Gasteiger partial charge in [0.15, 0.2) is 0 Å². The average molecular weight is 223 g/mol. The highest BCUT2D eigenvalue weighted by molar-refractivity contribution is 5.55. The number of aliphatic hydroxyl groups excluding tert-OH is 1. The SMILES string of the molecule is COc1cc(O)cc(N2CCC(CO)C2)c1. The van der Waals surface area contributed by atoms with E-state index in [-0.39, 0.29) is 12.4 Å². The Morgan fingerprint density at radius 1 is 1.44 bits per heavy atom. The van der Waals surface area contributed by atoms with Gasteiger partial charge in [-0.05, 0) is 6.42 Å². The minimum Gasteiger partial charge on any atom is -0.508 e. The van der Waals surface area contributed by atoms with Gasteiger partial charge in [-0.3, -0.25) is 0 Å². The van der Waals surface area contributed by atoms with Crippen LogP contribution in [-0.4, -0.2) is 37.0 Å². The molecule has 1 fully saturated rings. The fourth-order valence-corrected chi connectivity index (χ4v) is 2.08. The summed E-state index contributed by atoms with van der Waals surface area (Å²) in [6.45, 7) is 1.98. The number of aromatic hydroxyl groups is 1. The number of ether oxygens (including phenoxy) is 1. The number of benzene rings is 1. The summed E-state index contributed by atoms with van der Waals surface area (Å²) in [7, 11) is 1.58. The summed E-state index contributed by atoms with van der Waals surface area (Å²) in [5.74, 6) is 1.21. The highest BCUT2D eigenvalue weighted by Crippen LogP contribution is 2.30. The van der Waals surface area contributed by atoms with Gasteiger partial charge in [-0.2, -0.15) is 0 Å². The summed E-state index contributed by atoms with van der Waals surface area (Å²) in [5.41, 5.74) is 0.952. The van der Waals surface area contributed by atoms with Crippen molar-refractivity contribution in [2.45, 2.75) is 6.42 Å². The Labute approximate surface area is 95.1 Å². The first kappa shape index (κ1) is 11.1. The molecule has 4 heteroatoms. The topological polar surface area (TPSA) is 52.9 Å². The van der Waals surface area contributed by atoms with Gasteiger partial charge < -0.3 is 19.8 Å². The lowest BCUT2D eigenvalue weighted by Crippen LogP contribution is -2.20. The van der Waals surface area contributed by atoms with Crippen LogP contribution in [0.2, 0.25) is 0 Å². The van der Waals surface area contributed by atoms with E-state index >= 15 is 0 Å². The smallest absolute Gasteiger partial charge is 0.124 e. The number of phenols is 1. The minimum absolute atomic E-state index is 0.210. The molecule has 0 radical (unpaired) electrons. The molecular formula is C12H17NO3. The van der Waals surface area contributed by atoms with Gasteiger partial charge in [0.2, 0.25) is 0 Å². The number of hydrogen-bond donors (Lipinski definition) is 2. The van der Waals surface area contributed by atoms with Crippen LogP contribution in [-0.2, 0) is 0 Å². The van der Waals surface area contributed by atoms with Gasteiger partial charge in [-0.1, -0.05) is 0 Å². The standard InChI is InChI=1S/C12H17NO3/c1-16-12-5-10(4-11(15)6-12)13-3-2-9(7-13)8-14/h4-6,9,14-15H,2-3,7-8H2,1H3. The molecule has 0 bridgehead atoms. The predicted molar refractivity (Wildman–Crippen MR) is 62.1 cm³/mol. The number of methoxy groups -OCH3 is 1. The fourth-order valence-electron chi connectivity index (χ4n) is 2.08. The van der Waals surface area contributed by atoms with Crippen LogP contribution in [0.1, 0.15) is 6.42 Å². The Bertz CT molecular complexity index is 367. The lowest BCUT2D eigenvalue weighted by molar-refractivity contribution is 0.238. The lowest BCUT2D eigenvalue weighted by Gasteiger charge is -2.19. The Kier molecular flexibility index (Phi) is 3.19. The van der Waals surface area contributed by atoms with E-state index in [1.165, 1.54) is 0 Å². The molecule has 1 saturated heterocycles. The second-order valence-electron chi connectivity index (χ2n) is 4.17. The van der Waals surface area contributed by atoms with Crippen LogP contribution in [0.15, 0.2) is 18.2 Å². The van der Waals surface area contributed by atoms with Crippen LogP contribution >= 0.6 is 0 Å². The first-order valence-electron chi connectivity index (χ1n) is 5.47. The molecule has 2 rings (SSSR count). The zero-order valence-corrected chi connectivity index (χ0v) is 9.39. The molecular weight excluding hydrogens is 206 g/mol. The van der Waals surface area contributed by atoms with Gasteiger partial charge in [0.25, 0.3) is 0 Å². The van der Waals surface area contributed by atoms with Gasteiger partial charge in [0.05, 0.1) is 7.11 Å². The zero-order valence-electron chi connectivity index (χ0n) is 9.39. The molecule has 1 unspecified atom stereocenters. The van der Waals surface area contributed by atoms with Gasteiger partial charge in [0, 0.05) is 49.5 Å². The molecule has 0 aliphatic carbocycles. The molecule has 16 heavy (non-hydrogen) atoms. The maximum atomic E-state index is 9.55. The van der Waals surface area contributed by atoms with Gasteiger partial charge in [-0.25, -0.2) is 0 Å². The second-order valence-corrected chi connectivity index (χ2v) is 4.17. The van der Waals surface area contributed by atoms with E-state index < -0.39 is 0 Å². The zero-order chi connectivity index (χ0) is 11.5. The minimum atomic E-state index is 0.210. The molecule has 0 amide bonds. The molecule has 2 N–H and O–H groups in total. The van der Waals surface area contributed by atoms with Gasteiger partial charge >= 0.3 is 0 Å². The van der Waals surface area contributed by atoms with Crippen molar-refractivity contribution in [1.29, 1.82) is 0 Å². The van der Waals surface area contributed by atoms with Crippen molar-refractivity contribution in [3.05, 3.63) is 18.2 Å². The molecule has 1 aliphatic rings. The molecule has 4 nitrogen and oxygen atoms in total. The summed E-state index contributed by atoms with van der Waals surface area (Å²) >= 11 is 0. The quantitative estimate of drug-likeness (QED) is 0.809. The summed E-state index contributed by atoms with van der Waals surface area (Å²) in [5, 5.41) is 18.6. The second kappa shape index (κ2) is 4.61. The largest absolute Gasteiger partial charge is 0.508 e. The third-order valence-electron chi connectivity index (χ3n) is 3.02. The summed E-state index contributed by atoms with van der Waals surface area (Å²) in [4.78, 5) is 2.16. The number of anilines is 1. The van der Waals surface area contributed by atoms with E-state index in [2.05, 4.69) is 4.90 Å². The van der Waals surface area contributed by atoms with E-state index in [1.807, 2.05) is 6.07 Å². The normalized spacial score (nSPS) is 20.1.